The molecule has 0 saturated heterocycles. The highest BCUT2D eigenvalue weighted by atomic mass is 79.9. The molecule has 2 aromatic carbocycles. The lowest BCUT2D eigenvalue weighted by Gasteiger charge is -2.23. The van der Waals surface area contributed by atoms with Crippen molar-refractivity contribution >= 4 is 40.0 Å². The van der Waals surface area contributed by atoms with Crippen LogP contribution in [0.5, 0.6) is 5.75 Å². The fraction of sp³-hybridized carbons (Fsp3) is 0.0667. The van der Waals surface area contributed by atoms with Crippen LogP contribution in [0, 0.1) is 0 Å². The summed E-state index contributed by atoms with van der Waals surface area (Å²) in [5.41, 5.74) is 3.57. The summed E-state index contributed by atoms with van der Waals surface area (Å²) in [6.07, 6.45) is 2.17. The number of ether oxygens (including phenoxy) is 1. The zero-order chi connectivity index (χ0) is 13.2. The molecule has 3 rings (SSSR count). The van der Waals surface area contributed by atoms with Gasteiger partial charge in [0, 0.05) is 5.69 Å². The van der Waals surface area contributed by atoms with Crippen LogP contribution in [0.2, 0.25) is 0 Å². The fourth-order valence-corrected chi connectivity index (χ4v) is 2.87. The first-order valence-electron chi connectivity index (χ1n) is 6.14. The Labute approximate surface area is 121 Å². The standard InChI is InChI=1S/C15H13BBrNO/c1-19-13-8-6-12(7-9-13)16-15(17)10-11-4-2-3-5-14(11)18-16/h2-10,18H,1H3. The summed E-state index contributed by atoms with van der Waals surface area (Å²) in [5, 5.41) is 3.54. The maximum atomic E-state index is 5.19. The normalized spacial score (nSPS) is 13.4. The topological polar surface area (TPSA) is 21.3 Å². The van der Waals surface area contributed by atoms with E-state index in [9.17, 15) is 0 Å². The van der Waals surface area contributed by atoms with Crippen molar-refractivity contribution in [1.82, 2.24) is 0 Å². The lowest BCUT2D eigenvalue weighted by molar-refractivity contribution is 0.415. The highest BCUT2D eigenvalue weighted by molar-refractivity contribution is 9.12. The summed E-state index contributed by atoms with van der Waals surface area (Å²) in [6, 6.07) is 16.4. The van der Waals surface area contributed by atoms with Gasteiger partial charge in [-0.25, -0.2) is 0 Å². The lowest BCUT2D eigenvalue weighted by atomic mass is 9.54. The van der Waals surface area contributed by atoms with Crippen LogP contribution >= 0.6 is 15.9 Å². The quantitative estimate of drug-likeness (QED) is 0.859. The zero-order valence-corrected chi connectivity index (χ0v) is 12.1. The van der Waals surface area contributed by atoms with Gasteiger partial charge in [0.05, 0.1) is 7.11 Å². The van der Waals surface area contributed by atoms with Crippen molar-refractivity contribution in [2.45, 2.75) is 0 Å². The van der Waals surface area contributed by atoms with E-state index in [1.54, 1.807) is 7.11 Å². The molecule has 1 aliphatic rings. The summed E-state index contributed by atoms with van der Waals surface area (Å²) >= 11 is 3.66. The van der Waals surface area contributed by atoms with E-state index in [1.165, 1.54) is 11.0 Å². The van der Waals surface area contributed by atoms with E-state index in [0.29, 0.717) is 0 Å². The Balaban J connectivity index is 1.94. The Bertz CT molecular complexity index is 624. The van der Waals surface area contributed by atoms with E-state index in [0.717, 1.165) is 15.8 Å². The maximum absolute atomic E-state index is 5.19. The van der Waals surface area contributed by atoms with Crippen LogP contribution in [0.3, 0.4) is 0 Å². The van der Waals surface area contributed by atoms with Crippen LogP contribution in [-0.4, -0.2) is 14.0 Å². The smallest absolute Gasteiger partial charge is 0.328 e. The van der Waals surface area contributed by atoms with Crippen molar-refractivity contribution in [3.63, 3.8) is 0 Å². The number of halogens is 1. The minimum Gasteiger partial charge on any atom is -0.497 e. The number of rotatable bonds is 2. The van der Waals surface area contributed by atoms with Gasteiger partial charge in [0.1, 0.15) is 5.75 Å². The Hall–Kier alpha value is -1.68. The number of fused-ring (bicyclic) bond motifs is 1. The molecule has 0 bridgehead atoms. The van der Waals surface area contributed by atoms with Gasteiger partial charge in [0.25, 0.3) is 0 Å². The second-order valence-corrected chi connectivity index (χ2v) is 5.38. The van der Waals surface area contributed by atoms with Gasteiger partial charge in [-0.15, -0.1) is 0 Å². The summed E-state index contributed by atoms with van der Waals surface area (Å²) in [6.45, 7) is 0.154. The van der Waals surface area contributed by atoms with E-state index in [4.69, 9.17) is 4.74 Å². The third-order valence-corrected chi connectivity index (χ3v) is 3.97. The zero-order valence-electron chi connectivity index (χ0n) is 10.6. The monoisotopic (exact) mass is 313 g/mol. The third kappa shape index (κ3) is 2.40. The molecule has 0 spiro atoms. The molecule has 0 atom stereocenters. The van der Waals surface area contributed by atoms with Crippen molar-refractivity contribution in [2.24, 2.45) is 0 Å². The van der Waals surface area contributed by atoms with Crippen LogP contribution in [0.25, 0.3) is 6.08 Å². The van der Waals surface area contributed by atoms with Gasteiger partial charge < -0.3 is 9.96 Å². The Kier molecular flexibility index (Phi) is 3.34. The van der Waals surface area contributed by atoms with Crippen molar-refractivity contribution in [1.29, 1.82) is 0 Å². The second-order valence-electron chi connectivity index (χ2n) is 4.47. The lowest BCUT2D eigenvalue weighted by Crippen LogP contribution is -2.40. The third-order valence-electron chi connectivity index (χ3n) is 3.28. The van der Waals surface area contributed by atoms with E-state index in [2.05, 4.69) is 51.5 Å². The minimum atomic E-state index is 0.154. The molecule has 2 aromatic rings. The molecule has 0 aromatic heterocycles. The number of anilines is 1. The largest absolute Gasteiger partial charge is 0.497 e. The molecule has 1 N–H and O–H groups in total. The van der Waals surface area contributed by atoms with Crippen molar-refractivity contribution in [3.05, 3.63) is 58.5 Å². The van der Waals surface area contributed by atoms with Crippen LogP contribution in [0.1, 0.15) is 5.56 Å². The number of hydrogen-bond acceptors (Lipinski definition) is 2. The molecule has 94 valence electrons. The van der Waals surface area contributed by atoms with Gasteiger partial charge in [-0.3, -0.25) is 0 Å². The van der Waals surface area contributed by atoms with Crippen molar-refractivity contribution < 1.29 is 4.74 Å². The molecular weight excluding hydrogens is 301 g/mol. The molecule has 4 heteroatoms. The fourth-order valence-electron chi connectivity index (χ4n) is 2.25. The number of benzene rings is 2. The Morgan fingerprint density at radius 1 is 1.05 bits per heavy atom. The first-order chi connectivity index (χ1) is 9.28. The molecule has 2 nitrogen and oxygen atoms in total. The highest BCUT2D eigenvalue weighted by Crippen LogP contribution is 2.28. The highest BCUT2D eigenvalue weighted by Gasteiger charge is 2.25. The molecule has 0 saturated carbocycles. The SMILES string of the molecule is COc1ccc(B2Nc3ccccc3C=C2Br)cc1. The van der Waals surface area contributed by atoms with Gasteiger partial charge in [-0.2, -0.15) is 0 Å². The average molecular weight is 314 g/mol. The predicted octanol–water partition coefficient (Wildman–Crippen LogP) is 3.29. The number of methoxy groups -OCH3 is 1. The van der Waals surface area contributed by atoms with Gasteiger partial charge in [0.15, 0.2) is 0 Å². The molecule has 19 heavy (non-hydrogen) atoms. The first kappa shape index (κ1) is 12.4. The second kappa shape index (κ2) is 5.13. The van der Waals surface area contributed by atoms with E-state index in [1.807, 2.05) is 24.3 Å². The molecule has 1 heterocycles. The van der Waals surface area contributed by atoms with E-state index >= 15 is 0 Å². The van der Waals surface area contributed by atoms with E-state index < -0.39 is 0 Å². The van der Waals surface area contributed by atoms with Gasteiger partial charge in [-0.1, -0.05) is 51.7 Å². The van der Waals surface area contributed by atoms with Crippen molar-refractivity contribution in [2.75, 3.05) is 12.3 Å². The number of para-hydroxylation sites is 1. The summed E-state index contributed by atoms with van der Waals surface area (Å²) < 4.78 is 6.33. The molecule has 0 aliphatic carbocycles. The Morgan fingerprint density at radius 2 is 1.79 bits per heavy atom. The minimum absolute atomic E-state index is 0.154. The van der Waals surface area contributed by atoms with Crippen molar-refractivity contribution in [3.8, 4) is 5.75 Å². The van der Waals surface area contributed by atoms with Crippen LogP contribution < -0.4 is 15.4 Å². The van der Waals surface area contributed by atoms with Crippen LogP contribution in [0.15, 0.2) is 52.9 Å². The van der Waals surface area contributed by atoms with Gasteiger partial charge >= 0.3 is 6.85 Å². The molecule has 1 aliphatic heterocycles. The Morgan fingerprint density at radius 3 is 2.53 bits per heavy atom. The van der Waals surface area contributed by atoms with E-state index in [-0.39, 0.29) is 6.85 Å². The number of hydrogen-bond donors (Lipinski definition) is 1. The maximum Gasteiger partial charge on any atom is 0.328 e. The summed E-state index contributed by atoms with van der Waals surface area (Å²) in [5.74, 6) is 0.875. The van der Waals surface area contributed by atoms with Gasteiger partial charge in [0.2, 0.25) is 0 Å². The molecule has 0 unspecified atom stereocenters. The van der Waals surface area contributed by atoms with Crippen LogP contribution in [0.4, 0.5) is 5.69 Å². The average Bonchev–Trinajstić information content (AvgIpc) is 2.47. The number of nitrogens with one attached hydrogen (secondary N) is 1. The van der Waals surface area contributed by atoms with Gasteiger partial charge in [-0.05, 0) is 34.2 Å². The van der Waals surface area contributed by atoms with Crippen LogP contribution in [-0.2, 0) is 0 Å². The molecule has 0 amide bonds. The molecular formula is C15H13BBrNO. The first-order valence-corrected chi connectivity index (χ1v) is 6.94. The molecule has 0 radical (unpaired) electrons. The predicted molar refractivity (Wildman–Crippen MR) is 85.4 cm³/mol. The molecule has 0 fully saturated rings. The summed E-state index contributed by atoms with van der Waals surface area (Å²) in [4.78, 5) is 0. The summed E-state index contributed by atoms with van der Waals surface area (Å²) in [7, 11) is 1.68.